The molecule has 1 aromatic heterocycles. The van der Waals surface area contributed by atoms with Gasteiger partial charge in [-0.15, -0.1) is 0 Å². The fourth-order valence-corrected chi connectivity index (χ4v) is 2.23. The van der Waals surface area contributed by atoms with Crippen LogP contribution in [-0.2, 0) is 0 Å². The number of carbonyl (C=O) groups excluding carboxylic acids is 2. The minimum Gasteiger partial charge on any atom is -0.352 e. The van der Waals surface area contributed by atoms with Crippen LogP contribution in [0.4, 0.5) is 5.69 Å². The molecular weight excluding hydrogens is 349 g/mol. The molecule has 2 rings (SSSR count). The van der Waals surface area contributed by atoms with Crippen molar-refractivity contribution in [1.29, 1.82) is 0 Å². The van der Waals surface area contributed by atoms with Gasteiger partial charge in [0, 0.05) is 18.9 Å². The maximum Gasteiger partial charge on any atom is 0.257 e. The van der Waals surface area contributed by atoms with Gasteiger partial charge in [-0.25, -0.2) is 0 Å². The van der Waals surface area contributed by atoms with Gasteiger partial charge in [0.25, 0.3) is 11.8 Å². The molecule has 2 aromatic rings. The van der Waals surface area contributed by atoms with Crippen LogP contribution in [-0.4, -0.2) is 23.3 Å². The molecule has 0 aliphatic carbocycles. The molecule has 2 amide bonds. The summed E-state index contributed by atoms with van der Waals surface area (Å²) in [4.78, 5) is 28.3. The number of anilines is 1. The summed E-state index contributed by atoms with van der Waals surface area (Å²) < 4.78 is 0. The first-order valence-corrected chi connectivity index (χ1v) is 8.12. The Morgan fingerprint density at radius 2 is 1.79 bits per heavy atom. The number of hydrogen-bond acceptors (Lipinski definition) is 3. The molecule has 126 valence electrons. The summed E-state index contributed by atoms with van der Waals surface area (Å²) in [7, 11) is 0. The Morgan fingerprint density at radius 3 is 2.46 bits per heavy atom. The molecule has 1 aromatic carbocycles. The number of halogens is 2. The molecule has 7 heteroatoms. The van der Waals surface area contributed by atoms with Crippen molar-refractivity contribution < 1.29 is 9.59 Å². The highest BCUT2D eigenvalue weighted by atomic mass is 35.5. The Kier molecular flexibility index (Phi) is 6.17. The van der Waals surface area contributed by atoms with Gasteiger partial charge in [-0.2, -0.15) is 0 Å². The highest BCUT2D eigenvalue weighted by Gasteiger charge is 2.13. The Morgan fingerprint density at radius 1 is 1.12 bits per heavy atom. The first kappa shape index (κ1) is 18.2. The molecule has 0 atom stereocenters. The topological polar surface area (TPSA) is 71.1 Å². The van der Waals surface area contributed by atoms with Gasteiger partial charge in [0.2, 0.25) is 0 Å². The third-order valence-electron chi connectivity index (χ3n) is 3.13. The zero-order valence-corrected chi connectivity index (χ0v) is 14.8. The Labute approximate surface area is 150 Å². The van der Waals surface area contributed by atoms with E-state index in [-0.39, 0.29) is 16.5 Å². The highest BCUT2D eigenvalue weighted by Crippen LogP contribution is 2.29. The number of rotatable bonds is 5. The third kappa shape index (κ3) is 4.69. The van der Waals surface area contributed by atoms with E-state index in [1.165, 1.54) is 18.5 Å². The quantitative estimate of drug-likeness (QED) is 0.840. The Bertz CT molecular complexity index is 763. The Balaban J connectivity index is 2.14. The van der Waals surface area contributed by atoms with E-state index in [4.69, 9.17) is 23.2 Å². The van der Waals surface area contributed by atoms with Crippen LogP contribution >= 0.6 is 23.2 Å². The van der Waals surface area contributed by atoms with Crippen LogP contribution in [0.2, 0.25) is 10.0 Å². The number of nitrogens with zero attached hydrogens (tertiary/aromatic N) is 1. The standard InChI is InChI=1S/C17H17Cl2N3O2/c1-10(2)7-21-16(23)11-6-12(9-20-8-11)17(24)22-14-5-3-4-13(18)15(14)19/h3-6,8-10H,7H2,1-2H3,(H,21,23)(H,22,24). The first-order valence-electron chi connectivity index (χ1n) is 7.37. The number of pyridine rings is 1. The summed E-state index contributed by atoms with van der Waals surface area (Å²) in [6, 6.07) is 6.42. The van der Waals surface area contributed by atoms with Gasteiger partial charge in [-0.3, -0.25) is 14.6 Å². The van der Waals surface area contributed by atoms with Gasteiger partial charge in [0.05, 0.1) is 26.9 Å². The van der Waals surface area contributed by atoms with Gasteiger partial charge in [-0.1, -0.05) is 43.1 Å². The minimum absolute atomic E-state index is 0.253. The molecule has 5 nitrogen and oxygen atoms in total. The maximum atomic E-state index is 12.3. The average molecular weight is 366 g/mol. The summed E-state index contributed by atoms with van der Waals surface area (Å²) in [5, 5.41) is 6.04. The van der Waals surface area contributed by atoms with E-state index in [0.29, 0.717) is 28.7 Å². The molecule has 0 aliphatic heterocycles. The fourth-order valence-electron chi connectivity index (χ4n) is 1.88. The second-order valence-electron chi connectivity index (χ2n) is 5.62. The molecule has 0 saturated carbocycles. The molecule has 0 radical (unpaired) electrons. The van der Waals surface area contributed by atoms with Crippen molar-refractivity contribution in [3.05, 3.63) is 57.8 Å². The number of aromatic nitrogens is 1. The molecule has 2 N–H and O–H groups in total. The number of amides is 2. The summed E-state index contributed by atoms with van der Waals surface area (Å²) in [6.07, 6.45) is 2.80. The van der Waals surface area contributed by atoms with Crippen molar-refractivity contribution in [2.45, 2.75) is 13.8 Å². The second-order valence-corrected chi connectivity index (χ2v) is 6.41. The fraction of sp³-hybridized carbons (Fsp3) is 0.235. The van der Waals surface area contributed by atoms with Crippen LogP contribution in [0.3, 0.4) is 0 Å². The van der Waals surface area contributed by atoms with Gasteiger partial charge in [-0.05, 0) is 24.1 Å². The van der Waals surface area contributed by atoms with E-state index in [2.05, 4.69) is 15.6 Å². The zero-order chi connectivity index (χ0) is 17.7. The molecule has 24 heavy (non-hydrogen) atoms. The van der Waals surface area contributed by atoms with Crippen LogP contribution in [0, 0.1) is 5.92 Å². The molecular formula is C17H17Cl2N3O2. The number of nitrogens with one attached hydrogen (secondary N) is 2. The number of carbonyl (C=O) groups is 2. The molecule has 0 spiro atoms. The van der Waals surface area contributed by atoms with E-state index in [9.17, 15) is 9.59 Å². The van der Waals surface area contributed by atoms with Crippen LogP contribution in [0.1, 0.15) is 34.6 Å². The van der Waals surface area contributed by atoms with Crippen LogP contribution in [0.25, 0.3) is 0 Å². The predicted octanol–water partition coefficient (Wildman–Crippen LogP) is 4.03. The van der Waals surface area contributed by atoms with Crippen molar-refractivity contribution in [2.75, 3.05) is 11.9 Å². The molecule has 0 fully saturated rings. The molecule has 1 heterocycles. The number of benzene rings is 1. The van der Waals surface area contributed by atoms with Crippen LogP contribution < -0.4 is 10.6 Å². The zero-order valence-electron chi connectivity index (χ0n) is 13.3. The summed E-state index contributed by atoms with van der Waals surface area (Å²) >= 11 is 12.0. The van der Waals surface area contributed by atoms with Crippen LogP contribution in [0.15, 0.2) is 36.7 Å². The van der Waals surface area contributed by atoms with E-state index in [0.717, 1.165) is 0 Å². The van der Waals surface area contributed by atoms with E-state index >= 15 is 0 Å². The normalized spacial score (nSPS) is 10.5. The summed E-state index contributed by atoms with van der Waals surface area (Å²) in [5.41, 5.74) is 0.965. The average Bonchev–Trinajstić information content (AvgIpc) is 2.56. The second kappa shape index (κ2) is 8.13. The lowest BCUT2D eigenvalue weighted by atomic mass is 10.1. The number of hydrogen-bond donors (Lipinski definition) is 2. The van der Waals surface area contributed by atoms with Gasteiger partial charge < -0.3 is 10.6 Å². The largest absolute Gasteiger partial charge is 0.352 e. The van der Waals surface area contributed by atoms with Crippen molar-refractivity contribution in [3.8, 4) is 0 Å². The minimum atomic E-state index is -0.426. The monoisotopic (exact) mass is 365 g/mol. The molecule has 0 saturated heterocycles. The first-order chi connectivity index (χ1) is 11.4. The van der Waals surface area contributed by atoms with Crippen molar-refractivity contribution in [1.82, 2.24) is 10.3 Å². The lowest BCUT2D eigenvalue weighted by molar-refractivity contribution is 0.0948. The van der Waals surface area contributed by atoms with Crippen molar-refractivity contribution in [3.63, 3.8) is 0 Å². The lowest BCUT2D eigenvalue weighted by Crippen LogP contribution is -2.27. The summed E-state index contributed by atoms with van der Waals surface area (Å²) in [5.74, 6) is -0.366. The van der Waals surface area contributed by atoms with Crippen molar-refractivity contribution >= 4 is 40.7 Å². The molecule has 0 bridgehead atoms. The summed E-state index contributed by atoms with van der Waals surface area (Å²) in [6.45, 7) is 4.54. The van der Waals surface area contributed by atoms with Gasteiger partial charge in [0.15, 0.2) is 0 Å². The van der Waals surface area contributed by atoms with E-state index in [1.807, 2.05) is 13.8 Å². The van der Waals surface area contributed by atoms with Crippen molar-refractivity contribution in [2.24, 2.45) is 5.92 Å². The van der Waals surface area contributed by atoms with E-state index in [1.54, 1.807) is 18.2 Å². The molecule has 0 aliphatic rings. The highest BCUT2D eigenvalue weighted by molar-refractivity contribution is 6.44. The van der Waals surface area contributed by atoms with Gasteiger partial charge >= 0.3 is 0 Å². The maximum absolute atomic E-state index is 12.3. The predicted molar refractivity (Wildman–Crippen MR) is 95.8 cm³/mol. The third-order valence-corrected chi connectivity index (χ3v) is 3.95. The van der Waals surface area contributed by atoms with Crippen LogP contribution in [0.5, 0.6) is 0 Å². The molecule has 0 unspecified atom stereocenters. The van der Waals surface area contributed by atoms with E-state index < -0.39 is 5.91 Å². The van der Waals surface area contributed by atoms with Gasteiger partial charge in [0.1, 0.15) is 0 Å². The SMILES string of the molecule is CC(C)CNC(=O)c1cncc(C(=O)Nc2cccc(Cl)c2Cl)c1. The Hall–Kier alpha value is -2.11. The lowest BCUT2D eigenvalue weighted by Gasteiger charge is -2.10. The smallest absolute Gasteiger partial charge is 0.257 e.